The fourth-order valence-electron chi connectivity index (χ4n) is 2.33. The van der Waals surface area contributed by atoms with E-state index in [2.05, 4.69) is 40.8 Å². The minimum Gasteiger partial charge on any atom is -0.147 e. The van der Waals surface area contributed by atoms with Gasteiger partial charge in [-0.3, -0.25) is 0 Å². The molecule has 0 N–H and O–H groups in total. The standard InChI is InChI=1S/C11H20Si.2ClH.Ti/c1-7-8(2)10(4)11(9(7)3)12(5)6;;;/h9,12H,1-6H3;2*1H;. The average Bonchev–Trinajstić information content (AvgIpc) is 2.16. The van der Waals surface area contributed by atoms with Crippen molar-refractivity contribution in [3.8, 4) is 0 Å². The van der Waals surface area contributed by atoms with E-state index in [1.54, 1.807) is 21.9 Å². The number of rotatable bonds is 1. The van der Waals surface area contributed by atoms with Crippen LogP contribution in [-0.2, 0) is 21.7 Å². The first-order valence-electron chi connectivity index (χ1n) is 4.85. The molecule has 0 amide bonds. The zero-order valence-corrected chi connectivity index (χ0v) is 14.8. The van der Waals surface area contributed by atoms with Crippen molar-refractivity contribution in [1.82, 2.24) is 0 Å². The van der Waals surface area contributed by atoms with Crippen molar-refractivity contribution in [1.29, 1.82) is 0 Å². The molecule has 0 aromatic heterocycles. The van der Waals surface area contributed by atoms with Crippen molar-refractivity contribution >= 4 is 33.6 Å². The first-order chi connectivity index (χ1) is 5.46. The minimum absolute atomic E-state index is 0. The Bertz CT molecular complexity index is 270. The molecule has 15 heavy (non-hydrogen) atoms. The third-order valence-corrected chi connectivity index (χ3v) is 5.50. The second-order valence-corrected chi connectivity index (χ2v) is 7.20. The number of allylic oxidation sites excluding steroid dienone is 4. The van der Waals surface area contributed by atoms with E-state index in [0.717, 1.165) is 5.92 Å². The molecule has 1 unspecified atom stereocenters. The summed E-state index contributed by atoms with van der Waals surface area (Å²) < 4.78 is 0. The molecule has 88 valence electrons. The maximum absolute atomic E-state index is 2.43. The molecule has 0 saturated carbocycles. The van der Waals surface area contributed by atoms with Gasteiger partial charge in [-0.15, -0.1) is 24.8 Å². The third kappa shape index (κ3) is 4.05. The third-order valence-electron chi connectivity index (χ3n) is 3.33. The first-order valence-corrected chi connectivity index (χ1v) is 7.73. The summed E-state index contributed by atoms with van der Waals surface area (Å²) in [6.07, 6.45) is 0. The van der Waals surface area contributed by atoms with Crippen LogP contribution in [0.2, 0.25) is 13.1 Å². The largest absolute Gasteiger partial charge is 0.147 e. The molecule has 0 fully saturated rings. The van der Waals surface area contributed by atoms with E-state index in [1.807, 2.05) is 0 Å². The van der Waals surface area contributed by atoms with Gasteiger partial charge in [0.25, 0.3) is 0 Å². The molecule has 1 aliphatic carbocycles. The van der Waals surface area contributed by atoms with Crippen molar-refractivity contribution in [2.45, 2.75) is 40.8 Å². The van der Waals surface area contributed by atoms with Crippen LogP contribution < -0.4 is 0 Å². The van der Waals surface area contributed by atoms with E-state index in [4.69, 9.17) is 0 Å². The van der Waals surface area contributed by atoms with Crippen LogP contribution in [0.4, 0.5) is 0 Å². The van der Waals surface area contributed by atoms with Gasteiger partial charge in [-0.1, -0.05) is 36.4 Å². The van der Waals surface area contributed by atoms with E-state index >= 15 is 0 Å². The molecule has 0 nitrogen and oxygen atoms in total. The van der Waals surface area contributed by atoms with E-state index in [9.17, 15) is 0 Å². The van der Waals surface area contributed by atoms with Crippen molar-refractivity contribution in [3.05, 3.63) is 21.9 Å². The van der Waals surface area contributed by atoms with E-state index in [0.29, 0.717) is 0 Å². The Balaban J connectivity index is -0.000000480. The molecule has 0 spiro atoms. The maximum Gasteiger partial charge on any atom is 0.0607 e. The molecule has 0 aromatic carbocycles. The van der Waals surface area contributed by atoms with Crippen LogP contribution in [0.25, 0.3) is 0 Å². The minimum atomic E-state index is -0.578. The molecule has 0 heterocycles. The van der Waals surface area contributed by atoms with E-state index < -0.39 is 8.80 Å². The predicted molar refractivity (Wildman–Crippen MR) is 73.6 cm³/mol. The maximum atomic E-state index is 2.43. The predicted octanol–water partition coefficient (Wildman–Crippen LogP) is 4.16. The van der Waals surface area contributed by atoms with Gasteiger partial charge < -0.3 is 0 Å². The summed E-state index contributed by atoms with van der Waals surface area (Å²) in [5, 5.41) is 1.78. The summed E-state index contributed by atoms with van der Waals surface area (Å²) in [4.78, 5) is 0. The molecule has 0 aromatic rings. The van der Waals surface area contributed by atoms with Crippen LogP contribution in [0.5, 0.6) is 0 Å². The van der Waals surface area contributed by atoms with Crippen LogP contribution in [0.15, 0.2) is 21.9 Å². The monoisotopic (exact) mass is 300 g/mol. The summed E-state index contributed by atoms with van der Waals surface area (Å²) in [6.45, 7) is 14.1. The topological polar surface area (TPSA) is 0 Å². The molecule has 1 atom stereocenters. The second-order valence-electron chi connectivity index (χ2n) is 4.26. The van der Waals surface area contributed by atoms with Crippen LogP contribution in [0, 0.1) is 5.92 Å². The zero-order valence-electron chi connectivity index (χ0n) is 10.5. The van der Waals surface area contributed by atoms with Crippen molar-refractivity contribution in [3.63, 3.8) is 0 Å². The first kappa shape index (κ1) is 21.3. The Morgan fingerprint density at radius 3 is 1.47 bits per heavy atom. The fourth-order valence-corrected chi connectivity index (χ4v) is 4.66. The average molecular weight is 301 g/mol. The van der Waals surface area contributed by atoms with Crippen LogP contribution in [-0.4, -0.2) is 8.80 Å². The summed E-state index contributed by atoms with van der Waals surface area (Å²) in [6, 6.07) is 0. The Kier molecular flexibility index (Phi) is 11.6. The van der Waals surface area contributed by atoms with Crippen LogP contribution >= 0.6 is 24.8 Å². The number of hydrogen-bond acceptors (Lipinski definition) is 0. The zero-order chi connectivity index (χ0) is 9.46. The Morgan fingerprint density at radius 1 is 0.933 bits per heavy atom. The Labute approximate surface area is 123 Å². The van der Waals surface area contributed by atoms with Crippen molar-refractivity contribution in [2.75, 3.05) is 0 Å². The quantitative estimate of drug-likeness (QED) is 0.638. The van der Waals surface area contributed by atoms with Gasteiger partial charge in [-0.2, -0.15) is 0 Å². The summed E-state index contributed by atoms with van der Waals surface area (Å²) in [5.41, 5.74) is 4.75. The molecule has 1 aliphatic rings. The molecule has 0 saturated heterocycles. The van der Waals surface area contributed by atoms with Crippen molar-refractivity contribution in [2.24, 2.45) is 5.92 Å². The van der Waals surface area contributed by atoms with Gasteiger partial charge in [0.05, 0.1) is 8.80 Å². The molecule has 0 aliphatic heterocycles. The molecular weight excluding hydrogens is 279 g/mol. The van der Waals surface area contributed by atoms with Gasteiger partial charge in [0.15, 0.2) is 0 Å². The van der Waals surface area contributed by atoms with Gasteiger partial charge in [0, 0.05) is 21.7 Å². The van der Waals surface area contributed by atoms with Gasteiger partial charge in [-0.25, -0.2) is 0 Å². The van der Waals surface area contributed by atoms with Gasteiger partial charge >= 0.3 is 0 Å². The summed E-state index contributed by atoms with van der Waals surface area (Å²) in [7, 11) is -0.578. The normalized spacial score (nSPS) is 19.8. The van der Waals surface area contributed by atoms with E-state index in [-0.39, 0.29) is 46.5 Å². The van der Waals surface area contributed by atoms with Gasteiger partial charge in [-0.05, 0) is 32.3 Å². The summed E-state index contributed by atoms with van der Waals surface area (Å²) >= 11 is 0. The number of halogens is 2. The molecular formula is C11H22Cl2SiTi. The van der Waals surface area contributed by atoms with Crippen molar-refractivity contribution < 1.29 is 21.7 Å². The molecule has 0 radical (unpaired) electrons. The SMILES string of the molecule is CC1=C(C)C(C)C([SiH](C)C)=C1C.Cl.Cl.[Ti]. The van der Waals surface area contributed by atoms with Crippen LogP contribution in [0.1, 0.15) is 27.7 Å². The summed E-state index contributed by atoms with van der Waals surface area (Å²) in [5.74, 6) is 0.747. The molecule has 0 bridgehead atoms. The Hall–Kier alpha value is 0.991. The van der Waals surface area contributed by atoms with Crippen LogP contribution in [0.3, 0.4) is 0 Å². The Morgan fingerprint density at radius 2 is 1.33 bits per heavy atom. The van der Waals surface area contributed by atoms with Gasteiger partial charge in [0.2, 0.25) is 0 Å². The smallest absolute Gasteiger partial charge is 0.0607 e. The molecule has 1 rings (SSSR count). The second kappa shape index (κ2) is 8.14. The van der Waals surface area contributed by atoms with E-state index in [1.165, 1.54) is 0 Å². The van der Waals surface area contributed by atoms with Gasteiger partial charge in [0.1, 0.15) is 0 Å². The fraction of sp³-hybridized carbons (Fsp3) is 0.636. The molecule has 4 heteroatoms. The number of hydrogen-bond donors (Lipinski definition) is 0.